The molecule has 0 saturated carbocycles. The van der Waals surface area contributed by atoms with E-state index in [9.17, 15) is 28.3 Å². The maximum atomic E-state index is 11.8. The molecule has 0 spiro atoms. The molecule has 0 aliphatic heterocycles. The van der Waals surface area contributed by atoms with Crippen molar-refractivity contribution in [3.63, 3.8) is 0 Å². The summed E-state index contributed by atoms with van der Waals surface area (Å²) >= 11 is 0. The van der Waals surface area contributed by atoms with Crippen molar-refractivity contribution in [2.45, 2.75) is 92.3 Å². The highest BCUT2D eigenvalue weighted by Gasteiger charge is 2.27. The fourth-order valence-corrected chi connectivity index (χ4v) is 3.91. The Morgan fingerprint density at radius 3 is 1.19 bits per heavy atom. The van der Waals surface area contributed by atoms with Gasteiger partial charge in [0.05, 0.1) is 7.11 Å². The van der Waals surface area contributed by atoms with Gasteiger partial charge in [0, 0.05) is 60.8 Å². The van der Waals surface area contributed by atoms with Crippen molar-refractivity contribution in [3.8, 4) is 0 Å². The van der Waals surface area contributed by atoms with Crippen LogP contribution in [0.2, 0.25) is 0 Å². The van der Waals surface area contributed by atoms with Gasteiger partial charge in [-0.05, 0) is 53.4 Å². The van der Waals surface area contributed by atoms with E-state index in [1.165, 1.54) is 42.2 Å². The van der Waals surface area contributed by atoms with Crippen molar-refractivity contribution in [2.75, 3.05) is 48.4 Å². The van der Waals surface area contributed by atoms with Crippen molar-refractivity contribution in [3.05, 3.63) is 0 Å². The monoisotopic (exact) mass is 648 g/mol. The third-order valence-electron chi connectivity index (χ3n) is 4.78. The third kappa shape index (κ3) is 28.5. The second kappa shape index (κ2) is 21.1. The lowest BCUT2D eigenvalue weighted by molar-refractivity contribution is -0.157. The quantitative estimate of drug-likeness (QED) is 0.126. The first-order valence-electron chi connectivity index (χ1n) is 13.3. The van der Waals surface area contributed by atoms with Gasteiger partial charge in [-0.3, -0.25) is 28.3 Å². The van der Waals surface area contributed by atoms with E-state index in [-0.39, 0.29) is 67.4 Å². The van der Waals surface area contributed by atoms with Crippen LogP contribution in [0.25, 0.3) is 0 Å². The van der Waals surface area contributed by atoms with Gasteiger partial charge in [0.25, 0.3) is 0 Å². The Balaban J connectivity index is -0.000000606. The Hall–Kier alpha value is -1.62. The van der Waals surface area contributed by atoms with E-state index in [4.69, 9.17) is 18.5 Å². The summed E-state index contributed by atoms with van der Waals surface area (Å²) in [4.78, 5) is 45.7. The van der Waals surface area contributed by atoms with Crippen LogP contribution in [-0.4, -0.2) is 83.3 Å². The van der Waals surface area contributed by atoms with Gasteiger partial charge in [0.1, 0.15) is 23.1 Å². The summed E-state index contributed by atoms with van der Waals surface area (Å²) < 4.78 is 55.4. The molecular weight excluding hydrogens is 594 g/mol. The average Bonchev–Trinajstić information content (AvgIpc) is 2.81. The predicted octanol–water partition coefficient (Wildman–Crippen LogP) is 5.82. The van der Waals surface area contributed by atoms with Gasteiger partial charge in [-0.2, -0.15) is 0 Å². The molecule has 0 fully saturated rings. The SMILES string of the molecule is COC(=O)C[C@@H](C)CC(=O)OC(C)(C)C.COP(=O)(CC(=O)C[C@@H](C)CC(=O)OC(C)(C)C)OC.COP(C)(=O)OC. The van der Waals surface area contributed by atoms with Gasteiger partial charge >= 0.3 is 33.1 Å². The van der Waals surface area contributed by atoms with Crippen LogP contribution in [0.4, 0.5) is 0 Å². The molecule has 250 valence electrons. The van der Waals surface area contributed by atoms with E-state index in [0.29, 0.717) is 0 Å². The number of carbonyl (C=O) groups is 4. The Bertz CT molecular complexity index is 904. The lowest BCUT2D eigenvalue weighted by Gasteiger charge is -2.21. The number of ether oxygens (including phenoxy) is 3. The summed E-state index contributed by atoms with van der Waals surface area (Å²) in [5, 5.41) is 0. The number of rotatable bonds is 14. The first-order chi connectivity index (χ1) is 18.9. The Morgan fingerprint density at radius 2 is 0.929 bits per heavy atom. The molecular formula is C27H54O13P2. The topological polar surface area (TPSA) is 167 Å². The number of esters is 3. The van der Waals surface area contributed by atoms with Crippen LogP contribution < -0.4 is 0 Å². The van der Waals surface area contributed by atoms with Crippen LogP contribution in [0.3, 0.4) is 0 Å². The fourth-order valence-electron chi connectivity index (χ4n) is 2.79. The maximum absolute atomic E-state index is 11.8. The van der Waals surface area contributed by atoms with E-state index in [2.05, 4.69) is 13.8 Å². The molecule has 0 saturated heterocycles. The van der Waals surface area contributed by atoms with Crippen molar-refractivity contribution in [1.29, 1.82) is 0 Å². The first-order valence-corrected chi connectivity index (χ1v) is 17.0. The summed E-state index contributed by atoms with van der Waals surface area (Å²) in [7, 11) is 0.533. The molecule has 2 atom stereocenters. The summed E-state index contributed by atoms with van der Waals surface area (Å²) in [5.41, 5.74) is -1.01. The van der Waals surface area contributed by atoms with Crippen molar-refractivity contribution >= 4 is 38.9 Å². The van der Waals surface area contributed by atoms with Crippen LogP contribution in [0.1, 0.15) is 81.1 Å². The van der Waals surface area contributed by atoms with Gasteiger partial charge in [0.2, 0.25) is 0 Å². The van der Waals surface area contributed by atoms with E-state index in [1.807, 2.05) is 27.7 Å². The van der Waals surface area contributed by atoms with Crippen LogP contribution >= 0.6 is 15.2 Å². The van der Waals surface area contributed by atoms with E-state index in [1.54, 1.807) is 27.7 Å². The predicted molar refractivity (Wildman–Crippen MR) is 160 cm³/mol. The number of Topliss-reactive ketones (excluding diaryl/α,β-unsaturated/α-hetero) is 1. The minimum absolute atomic E-state index is 0.0488. The van der Waals surface area contributed by atoms with E-state index >= 15 is 0 Å². The largest absolute Gasteiger partial charge is 0.469 e. The van der Waals surface area contributed by atoms with E-state index in [0.717, 1.165) is 0 Å². The normalized spacial score (nSPS) is 13.3. The molecule has 0 aromatic carbocycles. The summed E-state index contributed by atoms with van der Waals surface area (Å²) in [6.07, 6.45) is 0.490. The average molecular weight is 649 g/mol. The van der Waals surface area contributed by atoms with Crippen LogP contribution in [0.5, 0.6) is 0 Å². The van der Waals surface area contributed by atoms with Crippen LogP contribution in [0.15, 0.2) is 0 Å². The highest BCUT2D eigenvalue weighted by Crippen LogP contribution is 2.46. The highest BCUT2D eigenvalue weighted by molar-refractivity contribution is 7.54. The molecule has 0 aromatic rings. The lowest BCUT2D eigenvalue weighted by Crippen LogP contribution is -2.25. The Morgan fingerprint density at radius 1 is 0.595 bits per heavy atom. The molecule has 0 heterocycles. The zero-order valence-electron chi connectivity index (χ0n) is 27.9. The van der Waals surface area contributed by atoms with Gasteiger partial charge in [-0.15, -0.1) is 0 Å². The zero-order chi connectivity index (χ0) is 33.9. The minimum atomic E-state index is -3.33. The maximum Gasteiger partial charge on any atom is 0.337 e. The number of methoxy groups -OCH3 is 1. The standard InChI is InChI=1S/C13H25O6P.C11H20O4.C3H9O3P/c1-10(8-12(15)19-13(2,3)4)7-11(14)9-20(16,17-5)18-6;1-8(6-9(12)14-5)7-10(13)15-11(2,3)4;1-5-7(3,4)6-2/h10H,7-9H2,1-6H3;8H,6-7H2,1-5H3;1-3H3/t10-;8-;/m11./s1. The summed E-state index contributed by atoms with van der Waals surface area (Å²) in [6.45, 7) is 15.8. The molecule has 0 unspecified atom stereocenters. The molecule has 0 aromatic heterocycles. The van der Waals surface area contributed by atoms with Gasteiger partial charge in [-0.1, -0.05) is 13.8 Å². The number of hydrogen-bond donors (Lipinski definition) is 0. The molecule has 0 aliphatic carbocycles. The number of carbonyl (C=O) groups excluding carboxylic acids is 4. The summed E-state index contributed by atoms with van der Waals surface area (Å²) in [6, 6.07) is 0. The molecule has 42 heavy (non-hydrogen) atoms. The highest BCUT2D eigenvalue weighted by atomic mass is 31.2. The molecule has 15 heteroatoms. The third-order valence-corrected chi connectivity index (χ3v) is 7.96. The number of ketones is 1. The smallest absolute Gasteiger partial charge is 0.337 e. The zero-order valence-corrected chi connectivity index (χ0v) is 29.7. The Labute approximate surface area is 252 Å². The second-order valence-corrected chi connectivity index (χ2v) is 16.1. The molecule has 0 amide bonds. The van der Waals surface area contributed by atoms with Crippen LogP contribution in [-0.2, 0) is 60.6 Å². The molecule has 0 N–H and O–H groups in total. The molecule has 0 aliphatic rings. The molecule has 13 nitrogen and oxygen atoms in total. The second-order valence-electron chi connectivity index (χ2n) is 11.6. The van der Waals surface area contributed by atoms with Gasteiger partial charge in [-0.25, -0.2) is 0 Å². The van der Waals surface area contributed by atoms with E-state index < -0.39 is 26.4 Å². The Kier molecular flexibility index (Phi) is 22.6. The van der Waals surface area contributed by atoms with Crippen LogP contribution in [0, 0.1) is 11.8 Å². The van der Waals surface area contributed by atoms with Crippen molar-refractivity contribution < 1.29 is 60.6 Å². The van der Waals surface area contributed by atoms with Gasteiger partial charge in [0.15, 0.2) is 0 Å². The van der Waals surface area contributed by atoms with Crippen molar-refractivity contribution in [2.24, 2.45) is 11.8 Å². The lowest BCUT2D eigenvalue weighted by atomic mass is 10.0. The fraction of sp³-hybridized carbons (Fsp3) is 0.852. The number of hydrogen-bond acceptors (Lipinski definition) is 13. The summed E-state index contributed by atoms with van der Waals surface area (Å²) in [5.74, 6) is -1.41. The first kappa shape index (κ1) is 44.8. The molecule has 0 radical (unpaired) electrons. The molecule has 0 bridgehead atoms. The molecule has 0 rings (SSSR count). The minimum Gasteiger partial charge on any atom is -0.469 e. The van der Waals surface area contributed by atoms with Crippen molar-refractivity contribution in [1.82, 2.24) is 0 Å². The van der Waals surface area contributed by atoms with Gasteiger partial charge < -0.3 is 32.3 Å².